The fourth-order valence-electron chi connectivity index (χ4n) is 4.26. The average molecular weight is 523 g/mol. The molecule has 0 spiro atoms. The first kappa shape index (κ1) is 28.6. The van der Waals surface area contributed by atoms with Crippen LogP contribution in [-0.2, 0) is 24.3 Å². The summed E-state index contributed by atoms with van der Waals surface area (Å²) in [5.74, 6) is -0.558. The minimum absolute atomic E-state index is 0.000814. The van der Waals surface area contributed by atoms with Crippen molar-refractivity contribution >= 4 is 23.2 Å². The summed E-state index contributed by atoms with van der Waals surface area (Å²) in [5, 5.41) is 1.98. The van der Waals surface area contributed by atoms with E-state index in [1.165, 1.54) is 37.0 Å². The van der Waals surface area contributed by atoms with E-state index in [1.807, 2.05) is 55.6 Å². The van der Waals surface area contributed by atoms with Gasteiger partial charge in [0.05, 0.1) is 6.54 Å². The third-order valence-electron chi connectivity index (χ3n) is 6.78. The highest BCUT2D eigenvalue weighted by atomic mass is 32.1. The highest BCUT2D eigenvalue weighted by Gasteiger charge is 2.26. The lowest BCUT2D eigenvalue weighted by molar-refractivity contribution is -0.133. The molecule has 0 saturated carbocycles. The topological polar surface area (TPSA) is 40.6 Å². The van der Waals surface area contributed by atoms with E-state index in [2.05, 4.69) is 6.92 Å². The van der Waals surface area contributed by atoms with Gasteiger partial charge in [0.1, 0.15) is 12.4 Å². The average Bonchev–Trinajstić information content (AvgIpc) is 3.43. The molecule has 0 unspecified atom stereocenters. The lowest BCUT2D eigenvalue weighted by atomic mass is 10.0. The van der Waals surface area contributed by atoms with Crippen molar-refractivity contribution in [3.05, 3.63) is 93.4 Å². The first-order valence-corrected chi connectivity index (χ1v) is 14.2. The molecule has 1 aromatic heterocycles. The van der Waals surface area contributed by atoms with Gasteiger partial charge < -0.3 is 9.80 Å². The van der Waals surface area contributed by atoms with Crippen molar-refractivity contribution in [3.63, 3.8) is 0 Å². The normalized spacial score (nSPS) is 11.8. The van der Waals surface area contributed by atoms with Crippen molar-refractivity contribution in [3.8, 4) is 0 Å². The van der Waals surface area contributed by atoms with Gasteiger partial charge in [-0.25, -0.2) is 4.39 Å². The van der Waals surface area contributed by atoms with Crippen LogP contribution >= 0.6 is 11.3 Å². The van der Waals surface area contributed by atoms with Crippen molar-refractivity contribution < 1.29 is 14.0 Å². The fourth-order valence-corrected chi connectivity index (χ4v) is 4.98. The molecule has 0 radical (unpaired) electrons. The molecule has 0 N–H and O–H groups in total. The summed E-state index contributed by atoms with van der Waals surface area (Å²) in [6, 6.07) is 17.9. The molecule has 3 aromatic rings. The van der Waals surface area contributed by atoms with Crippen LogP contribution in [-0.4, -0.2) is 34.2 Å². The Hall–Kier alpha value is -2.99. The third kappa shape index (κ3) is 8.81. The summed E-state index contributed by atoms with van der Waals surface area (Å²) in [6.45, 7) is 7.01. The van der Waals surface area contributed by atoms with Gasteiger partial charge in [-0.15, -0.1) is 11.3 Å². The Morgan fingerprint density at radius 1 is 0.892 bits per heavy atom. The molecule has 2 amide bonds. The molecule has 0 aliphatic heterocycles. The number of carbonyl (C=O) groups is 2. The number of amides is 2. The fraction of sp³-hybridized carbons (Fsp3) is 0.419. The number of aryl methyl sites for hydroxylation is 1. The van der Waals surface area contributed by atoms with Crippen molar-refractivity contribution in [2.24, 2.45) is 0 Å². The highest BCUT2D eigenvalue weighted by Crippen LogP contribution is 2.18. The number of hydrogen-bond donors (Lipinski definition) is 0. The van der Waals surface area contributed by atoms with Crippen molar-refractivity contribution in [1.82, 2.24) is 9.80 Å². The zero-order valence-electron chi connectivity index (χ0n) is 22.3. The second-order valence-electron chi connectivity index (χ2n) is 9.65. The van der Waals surface area contributed by atoms with E-state index >= 15 is 0 Å². The van der Waals surface area contributed by atoms with E-state index in [4.69, 9.17) is 0 Å². The number of hydrogen-bond acceptors (Lipinski definition) is 3. The van der Waals surface area contributed by atoms with E-state index in [0.717, 1.165) is 29.7 Å². The molecule has 0 aliphatic carbocycles. The Bertz CT molecular complexity index is 1100. The van der Waals surface area contributed by atoms with Crippen molar-refractivity contribution in [2.75, 3.05) is 6.54 Å². The first-order valence-electron chi connectivity index (χ1n) is 13.4. The molecule has 0 bridgehead atoms. The molecular weight excluding hydrogens is 483 g/mol. The van der Waals surface area contributed by atoms with E-state index in [9.17, 15) is 14.0 Å². The largest absolute Gasteiger partial charge is 0.332 e. The van der Waals surface area contributed by atoms with E-state index in [1.54, 1.807) is 33.3 Å². The van der Waals surface area contributed by atoms with Gasteiger partial charge in [0.25, 0.3) is 5.91 Å². The third-order valence-corrected chi connectivity index (χ3v) is 7.64. The molecule has 6 heteroatoms. The van der Waals surface area contributed by atoms with Gasteiger partial charge >= 0.3 is 0 Å². The van der Waals surface area contributed by atoms with E-state index in [-0.39, 0.29) is 30.2 Å². The Balaban J connectivity index is 1.74. The first-order chi connectivity index (χ1) is 17.9. The van der Waals surface area contributed by atoms with Crippen LogP contribution < -0.4 is 0 Å². The smallest absolute Gasteiger partial charge is 0.254 e. The standard InChI is InChI=1S/C31H39FN2O2S/c1-4-6-7-8-10-25-12-16-27(17-13-25)31(36)34(24(3)5-2)23-30(35)33(22-29-11-9-20-37-29)21-26-14-18-28(32)19-15-26/h9,11-20,24H,4-8,10,21-23H2,1-3H3/t24-/m0/s1. The predicted octanol–water partition coefficient (Wildman–Crippen LogP) is 7.48. The second kappa shape index (κ2) is 14.7. The van der Waals surface area contributed by atoms with Gasteiger partial charge in [0, 0.05) is 23.0 Å². The van der Waals surface area contributed by atoms with Gasteiger partial charge in [-0.1, -0.05) is 63.4 Å². The zero-order chi connectivity index (χ0) is 26.6. The van der Waals surface area contributed by atoms with Gasteiger partial charge in [-0.3, -0.25) is 9.59 Å². The van der Waals surface area contributed by atoms with Crippen molar-refractivity contribution in [1.29, 1.82) is 0 Å². The summed E-state index contributed by atoms with van der Waals surface area (Å²) in [4.78, 5) is 31.6. The molecule has 0 saturated heterocycles. The Morgan fingerprint density at radius 3 is 2.22 bits per heavy atom. The molecule has 4 nitrogen and oxygen atoms in total. The second-order valence-corrected chi connectivity index (χ2v) is 10.7. The number of rotatable bonds is 14. The number of nitrogens with zero attached hydrogens (tertiary/aromatic N) is 2. The molecule has 198 valence electrons. The van der Waals surface area contributed by atoms with Crippen LogP contribution in [0.4, 0.5) is 4.39 Å². The van der Waals surface area contributed by atoms with E-state index in [0.29, 0.717) is 18.7 Å². The summed E-state index contributed by atoms with van der Waals surface area (Å²) < 4.78 is 13.4. The quantitative estimate of drug-likeness (QED) is 0.206. The van der Waals surface area contributed by atoms with E-state index < -0.39 is 0 Å². The summed E-state index contributed by atoms with van der Waals surface area (Å²) >= 11 is 1.59. The molecule has 0 fully saturated rings. The van der Waals surface area contributed by atoms with Crippen LogP contribution in [0.15, 0.2) is 66.0 Å². The molecule has 2 aromatic carbocycles. The summed E-state index contributed by atoms with van der Waals surface area (Å²) in [6.07, 6.45) is 6.61. The zero-order valence-corrected chi connectivity index (χ0v) is 23.1. The van der Waals surface area contributed by atoms with Crippen LogP contribution in [0, 0.1) is 5.82 Å². The van der Waals surface area contributed by atoms with Crippen LogP contribution in [0.25, 0.3) is 0 Å². The Kier molecular flexibility index (Phi) is 11.3. The molecule has 1 heterocycles. The Labute approximate surface area is 225 Å². The van der Waals surface area contributed by atoms with Crippen LogP contribution in [0.3, 0.4) is 0 Å². The maximum atomic E-state index is 13.6. The number of benzene rings is 2. The maximum Gasteiger partial charge on any atom is 0.254 e. The lowest BCUT2D eigenvalue weighted by Crippen LogP contribution is -2.46. The number of carbonyl (C=O) groups excluding carboxylic acids is 2. The van der Waals surface area contributed by atoms with Gasteiger partial charge in [-0.05, 0) is 73.0 Å². The predicted molar refractivity (Wildman–Crippen MR) is 150 cm³/mol. The number of unbranched alkanes of at least 4 members (excludes halogenated alkanes) is 3. The van der Waals surface area contributed by atoms with Gasteiger partial charge in [-0.2, -0.15) is 0 Å². The molecule has 0 aliphatic rings. The SMILES string of the molecule is CCCCCCc1ccc(C(=O)N(CC(=O)N(Cc2ccc(F)cc2)Cc2cccs2)[C@@H](C)CC)cc1. The number of thiophene rings is 1. The van der Waals surface area contributed by atoms with Gasteiger partial charge in [0.2, 0.25) is 5.91 Å². The molecular formula is C31H39FN2O2S. The highest BCUT2D eigenvalue weighted by molar-refractivity contribution is 7.09. The maximum absolute atomic E-state index is 13.6. The molecule has 3 rings (SSSR count). The van der Waals surface area contributed by atoms with Gasteiger partial charge in [0.15, 0.2) is 0 Å². The number of halogens is 1. The van der Waals surface area contributed by atoms with Crippen LogP contribution in [0.5, 0.6) is 0 Å². The summed E-state index contributed by atoms with van der Waals surface area (Å²) in [7, 11) is 0. The van der Waals surface area contributed by atoms with Crippen LogP contribution in [0.1, 0.15) is 79.2 Å². The monoisotopic (exact) mass is 522 g/mol. The lowest BCUT2D eigenvalue weighted by Gasteiger charge is -2.31. The van der Waals surface area contributed by atoms with Crippen LogP contribution in [0.2, 0.25) is 0 Å². The summed E-state index contributed by atoms with van der Waals surface area (Å²) in [5.41, 5.74) is 2.69. The van der Waals surface area contributed by atoms with Crippen molar-refractivity contribution in [2.45, 2.75) is 78.4 Å². The molecule has 1 atom stereocenters. The minimum atomic E-state index is -0.305. The Morgan fingerprint density at radius 2 is 1.59 bits per heavy atom. The molecule has 37 heavy (non-hydrogen) atoms. The minimum Gasteiger partial charge on any atom is -0.332 e.